The zero-order valence-electron chi connectivity index (χ0n) is 10.1. The van der Waals surface area contributed by atoms with Gasteiger partial charge in [0.15, 0.2) is 11.2 Å². The van der Waals surface area contributed by atoms with Gasteiger partial charge in [-0.2, -0.15) is 0 Å². The van der Waals surface area contributed by atoms with Crippen LogP contribution in [-0.4, -0.2) is 16.4 Å². The summed E-state index contributed by atoms with van der Waals surface area (Å²) in [6.45, 7) is 2.14. The van der Waals surface area contributed by atoms with Crippen LogP contribution in [0, 0.1) is 0 Å². The highest BCUT2D eigenvalue weighted by atomic mass is 32.2. The van der Waals surface area contributed by atoms with Crippen molar-refractivity contribution < 1.29 is 0 Å². The van der Waals surface area contributed by atoms with E-state index < -0.39 is 0 Å². The highest BCUT2D eigenvalue weighted by molar-refractivity contribution is 7.99. The lowest BCUT2D eigenvalue weighted by atomic mass is 9.90. The van der Waals surface area contributed by atoms with Crippen LogP contribution >= 0.6 is 11.8 Å². The maximum absolute atomic E-state index is 4.81. The third-order valence-corrected chi connectivity index (χ3v) is 4.23. The maximum atomic E-state index is 4.81. The number of pyridine rings is 1. The van der Waals surface area contributed by atoms with Crippen LogP contribution in [0.5, 0.6) is 0 Å². The van der Waals surface area contributed by atoms with Gasteiger partial charge in [-0.05, 0) is 43.6 Å². The minimum absolute atomic E-state index is 0.150. The summed E-state index contributed by atoms with van der Waals surface area (Å²) >= 11 is 1.76. The van der Waals surface area contributed by atoms with Crippen LogP contribution in [0.15, 0.2) is 27.1 Å². The quantitative estimate of drug-likeness (QED) is 0.751. The Kier molecular flexibility index (Phi) is 2.90. The summed E-state index contributed by atoms with van der Waals surface area (Å²) in [4.78, 5) is 14.2. The van der Waals surface area contributed by atoms with Crippen LogP contribution in [-0.2, 0) is 0 Å². The first-order chi connectivity index (χ1) is 8.31. The van der Waals surface area contributed by atoms with E-state index >= 15 is 0 Å². The van der Waals surface area contributed by atoms with Gasteiger partial charge < -0.3 is 0 Å². The van der Waals surface area contributed by atoms with Gasteiger partial charge in [0.2, 0.25) is 0 Å². The van der Waals surface area contributed by atoms with Gasteiger partial charge in [-0.25, -0.2) is 9.98 Å². The molecule has 1 spiro atoms. The number of fused-ring (bicyclic) bond motifs is 1. The van der Waals surface area contributed by atoms with E-state index in [1.165, 1.54) is 19.3 Å². The minimum Gasteiger partial charge on any atom is -0.252 e. The van der Waals surface area contributed by atoms with Crippen molar-refractivity contribution in [2.75, 3.05) is 5.75 Å². The van der Waals surface area contributed by atoms with Crippen molar-refractivity contribution >= 4 is 11.8 Å². The molecule has 0 N–H and O–H groups in total. The lowest BCUT2D eigenvalue weighted by molar-refractivity contribution is 0.308. The monoisotopic (exact) mass is 247 g/mol. The Bertz CT molecular complexity index is 532. The predicted octanol–water partition coefficient (Wildman–Crippen LogP) is 2.11. The molecule has 1 aromatic heterocycles. The van der Waals surface area contributed by atoms with Gasteiger partial charge >= 0.3 is 0 Å². The third kappa shape index (κ3) is 2.10. The van der Waals surface area contributed by atoms with Crippen LogP contribution in [0.3, 0.4) is 0 Å². The topological polar surface area (TPSA) is 37.6 Å². The molecule has 0 aromatic carbocycles. The van der Waals surface area contributed by atoms with Crippen LogP contribution < -0.4 is 10.8 Å². The van der Waals surface area contributed by atoms with Gasteiger partial charge in [0.25, 0.3) is 0 Å². The van der Waals surface area contributed by atoms with Crippen molar-refractivity contribution in [3.8, 4) is 0 Å². The van der Waals surface area contributed by atoms with Gasteiger partial charge in [-0.1, -0.05) is 13.3 Å². The van der Waals surface area contributed by atoms with Crippen LogP contribution in [0.25, 0.3) is 0 Å². The summed E-state index contributed by atoms with van der Waals surface area (Å²) in [5, 5.41) is 2.06. The second-order valence-electron chi connectivity index (χ2n) is 4.69. The lowest BCUT2D eigenvalue weighted by Gasteiger charge is -2.26. The summed E-state index contributed by atoms with van der Waals surface area (Å²) in [5.74, 6) is 1.05. The van der Waals surface area contributed by atoms with Gasteiger partial charge in [0.1, 0.15) is 5.36 Å². The van der Waals surface area contributed by atoms with Crippen molar-refractivity contribution in [1.82, 2.24) is 4.98 Å². The molecule has 4 heteroatoms. The first-order valence-corrected chi connectivity index (χ1v) is 7.39. The molecule has 1 aromatic rings. The smallest absolute Gasteiger partial charge is 0.176 e. The number of hydrogen-bond donors (Lipinski definition) is 0. The Morgan fingerprint density at radius 2 is 2.00 bits per heavy atom. The van der Waals surface area contributed by atoms with Crippen molar-refractivity contribution in [3.05, 3.63) is 23.0 Å². The molecule has 3 rings (SSSR count). The van der Waals surface area contributed by atoms with Crippen molar-refractivity contribution in [1.29, 1.82) is 0 Å². The van der Waals surface area contributed by atoms with Gasteiger partial charge in [0.05, 0.1) is 5.03 Å². The molecule has 1 aliphatic heterocycles. The normalized spacial score (nSPS) is 20.8. The number of rotatable bonds is 2. The SMILES string of the molecule is CCSc1ccc2c(n1)=NC1(CCCCC1)N=2. The molecule has 90 valence electrons. The molecule has 2 aliphatic rings. The second-order valence-corrected chi connectivity index (χ2v) is 5.98. The molecule has 2 heterocycles. The molecule has 1 aliphatic carbocycles. The third-order valence-electron chi connectivity index (χ3n) is 3.42. The lowest BCUT2D eigenvalue weighted by Crippen LogP contribution is -2.26. The van der Waals surface area contributed by atoms with Gasteiger partial charge in [0, 0.05) is 0 Å². The summed E-state index contributed by atoms with van der Waals surface area (Å²) in [6, 6.07) is 4.14. The molecule has 0 unspecified atom stereocenters. The number of hydrogen-bond acceptors (Lipinski definition) is 4. The molecule has 3 nitrogen and oxygen atoms in total. The summed E-state index contributed by atoms with van der Waals surface area (Å²) in [7, 11) is 0. The Hall–Kier alpha value is -0.900. The molecular weight excluding hydrogens is 230 g/mol. The fraction of sp³-hybridized carbons (Fsp3) is 0.615. The van der Waals surface area contributed by atoms with E-state index in [0.717, 1.165) is 34.5 Å². The fourth-order valence-corrected chi connectivity index (χ4v) is 3.22. The van der Waals surface area contributed by atoms with Crippen molar-refractivity contribution in [3.63, 3.8) is 0 Å². The van der Waals surface area contributed by atoms with E-state index in [2.05, 4.69) is 24.0 Å². The second kappa shape index (κ2) is 4.41. The van der Waals surface area contributed by atoms with Gasteiger partial charge in [-0.3, -0.25) is 4.99 Å². The molecule has 0 bridgehead atoms. The Balaban J connectivity index is 2.00. The summed E-state index contributed by atoms with van der Waals surface area (Å²) in [6.07, 6.45) is 6.02. The minimum atomic E-state index is -0.150. The molecule has 17 heavy (non-hydrogen) atoms. The predicted molar refractivity (Wildman–Crippen MR) is 68.8 cm³/mol. The van der Waals surface area contributed by atoms with Crippen molar-refractivity contribution in [2.24, 2.45) is 9.98 Å². The Morgan fingerprint density at radius 3 is 2.76 bits per heavy atom. The number of nitrogens with zero attached hydrogens (tertiary/aromatic N) is 3. The van der Waals surface area contributed by atoms with E-state index in [9.17, 15) is 0 Å². The average molecular weight is 247 g/mol. The zero-order chi connectivity index (χ0) is 11.7. The molecule has 0 amide bonds. The summed E-state index contributed by atoms with van der Waals surface area (Å²) < 4.78 is 0. The van der Waals surface area contributed by atoms with Crippen LogP contribution in [0.2, 0.25) is 0 Å². The molecule has 0 atom stereocenters. The molecule has 1 fully saturated rings. The van der Waals surface area contributed by atoms with E-state index in [1.807, 2.05) is 0 Å². The van der Waals surface area contributed by atoms with Crippen LogP contribution in [0.4, 0.5) is 0 Å². The Labute approximate surface area is 105 Å². The highest BCUT2D eigenvalue weighted by Crippen LogP contribution is 2.32. The standard InChI is InChI=1S/C13H17N3S/c1-2-17-11-7-6-10-12(14-11)16-13(15-10)8-4-3-5-9-13/h6-7H,2-5,8-9H2,1H3. The average Bonchev–Trinajstić information content (AvgIpc) is 2.67. The summed E-state index contributed by atoms with van der Waals surface area (Å²) in [5.41, 5.74) is 0.716. The molecule has 0 saturated heterocycles. The number of aromatic nitrogens is 1. The van der Waals surface area contributed by atoms with E-state index in [4.69, 9.17) is 9.98 Å². The molecule has 0 radical (unpaired) electrons. The largest absolute Gasteiger partial charge is 0.252 e. The van der Waals surface area contributed by atoms with Crippen LogP contribution in [0.1, 0.15) is 39.0 Å². The van der Waals surface area contributed by atoms with E-state index in [0.29, 0.717) is 0 Å². The highest BCUT2D eigenvalue weighted by Gasteiger charge is 2.33. The first kappa shape index (κ1) is 11.2. The Morgan fingerprint density at radius 1 is 1.18 bits per heavy atom. The van der Waals surface area contributed by atoms with E-state index in [-0.39, 0.29) is 5.66 Å². The zero-order valence-corrected chi connectivity index (χ0v) is 11.0. The molecule has 1 saturated carbocycles. The van der Waals surface area contributed by atoms with Gasteiger partial charge in [-0.15, -0.1) is 11.8 Å². The van der Waals surface area contributed by atoms with E-state index in [1.54, 1.807) is 11.8 Å². The maximum Gasteiger partial charge on any atom is 0.176 e. The fourth-order valence-electron chi connectivity index (χ4n) is 2.61. The first-order valence-electron chi connectivity index (χ1n) is 6.41. The van der Waals surface area contributed by atoms with Crippen molar-refractivity contribution in [2.45, 2.75) is 49.7 Å². The number of thioether (sulfide) groups is 1. The molecular formula is C13H17N3S.